The van der Waals surface area contributed by atoms with Gasteiger partial charge < -0.3 is 14.4 Å². The lowest BCUT2D eigenvalue weighted by molar-refractivity contribution is -0.136. The number of rotatable bonds is 4. The molecule has 0 aromatic carbocycles. The van der Waals surface area contributed by atoms with Crippen LogP contribution in [0.3, 0.4) is 0 Å². The van der Waals surface area contributed by atoms with Crippen molar-refractivity contribution >= 4 is 5.91 Å². The van der Waals surface area contributed by atoms with Gasteiger partial charge in [-0.1, -0.05) is 0 Å². The van der Waals surface area contributed by atoms with Crippen LogP contribution in [0.1, 0.15) is 12.8 Å². The highest BCUT2D eigenvalue weighted by Crippen LogP contribution is 2.15. The number of hydrogen-bond acceptors (Lipinski definition) is 5. The van der Waals surface area contributed by atoms with Gasteiger partial charge in [-0.3, -0.25) is 4.79 Å². The van der Waals surface area contributed by atoms with E-state index in [1.807, 2.05) is 0 Å². The Hall–Kier alpha value is -1.69. The molecular formula is C12H17N3O3. The van der Waals surface area contributed by atoms with E-state index in [1.165, 1.54) is 7.11 Å². The second-order valence-electron chi connectivity index (χ2n) is 4.16. The molecule has 0 saturated carbocycles. The van der Waals surface area contributed by atoms with Gasteiger partial charge in [0.15, 0.2) is 0 Å². The number of carbonyl (C=O) groups excluding carboxylic acids is 1. The molecular weight excluding hydrogens is 234 g/mol. The Kier molecular flexibility index (Phi) is 4.46. The molecule has 1 aliphatic heterocycles. The maximum Gasteiger partial charge on any atom is 0.316 e. The van der Waals surface area contributed by atoms with Crippen molar-refractivity contribution in [3.63, 3.8) is 0 Å². The first kappa shape index (κ1) is 12.8. The third-order valence-electron chi connectivity index (χ3n) is 2.88. The molecule has 6 heteroatoms. The van der Waals surface area contributed by atoms with Crippen molar-refractivity contribution in [3.05, 3.63) is 18.5 Å². The lowest BCUT2D eigenvalue weighted by Gasteiger charge is -2.31. The first-order chi connectivity index (χ1) is 8.79. The second kappa shape index (κ2) is 6.30. The van der Waals surface area contributed by atoms with Crippen LogP contribution < -0.4 is 4.74 Å². The number of hydrogen-bond donors (Lipinski definition) is 0. The SMILES string of the molecule is COCC(=O)N1CCC(Oc2ncccn2)CC1. The monoisotopic (exact) mass is 251 g/mol. The van der Waals surface area contributed by atoms with E-state index in [0.717, 1.165) is 12.8 Å². The molecule has 0 radical (unpaired) electrons. The van der Waals surface area contributed by atoms with Gasteiger partial charge in [0.1, 0.15) is 12.7 Å². The molecule has 1 fully saturated rings. The van der Waals surface area contributed by atoms with Crippen molar-refractivity contribution in [1.29, 1.82) is 0 Å². The molecule has 1 aromatic heterocycles. The molecule has 0 unspecified atom stereocenters. The van der Waals surface area contributed by atoms with Gasteiger partial charge in [-0.2, -0.15) is 0 Å². The minimum atomic E-state index is 0.0342. The van der Waals surface area contributed by atoms with Crippen LogP contribution in [0.2, 0.25) is 0 Å². The highest BCUT2D eigenvalue weighted by molar-refractivity contribution is 5.77. The Bertz CT molecular complexity index is 377. The van der Waals surface area contributed by atoms with Gasteiger partial charge in [-0.25, -0.2) is 9.97 Å². The molecule has 98 valence electrons. The molecule has 6 nitrogen and oxygen atoms in total. The molecule has 0 bridgehead atoms. The van der Waals surface area contributed by atoms with Crippen LogP contribution in [-0.2, 0) is 9.53 Å². The number of piperidine rings is 1. The Morgan fingerprint density at radius 3 is 2.67 bits per heavy atom. The van der Waals surface area contributed by atoms with E-state index in [0.29, 0.717) is 19.1 Å². The summed E-state index contributed by atoms with van der Waals surface area (Å²) in [5.41, 5.74) is 0. The summed E-state index contributed by atoms with van der Waals surface area (Å²) in [6.45, 7) is 1.53. The minimum absolute atomic E-state index is 0.0342. The van der Waals surface area contributed by atoms with Crippen molar-refractivity contribution < 1.29 is 14.3 Å². The van der Waals surface area contributed by atoms with Gasteiger partial charge in [0.25, 0.3) is 0 Å². The van der Waals surface area contributed by atoms with E-state index in [1.54, 1.807) is 23.4 Å². The van der Waals surface area contributed by atoms with Crippen molar-refractivity contribution in [1.82, 2.24) is 14.9 Å². The molecule has 0 aliphatic carbocycles. The van der Waals surface area contributed by atoms with Gasteiger partial charge >= 0.3 is 6.01 Å². The number of amides is 1. The zero-order chi connectivity index (χ0) is 12.8. The fourth-order valence-electron chi connectivity index (χ4n) is 1.93. The molecule has 0 N–H and O–H groups in total. The number of likely N-dealkylation sites (tertiary alicyclic amines) is 1. The summed E-state index contributed by atoms with van der Waals surface area (Å²) in [6.07, 6.45) is 4.99. The van der Waals surface area contributed by atoms with Crippen LogP contribution in [0.25, 0.3) is 0 Å². The van der Waals surface area contributed by atoms with E-state index in [-0.39, 0.29) is 18.6 Å². The predicted octanol–water partition coefficient (Wildman–Crippen LogP) is 0.493. The average Bonchev–Trinajstić information content (AvgIpc) is 2.41. The lowest BCUT2D eigenvalue weighted by Crippen LogP contribution is -2.43. The molecule has 1 aliphatic rings. The molecule has 0 atom stereocenters. The maximum absolute atomic E-state index is 11.6. The summed E-state index contributed by atoms with van der Waals surface area (Å²) < 4.78 is 10.5. The van der Waals surface area contributed by atoms with E-state index in [9.17, 15) is 4.79 Å². The van der Waals surface area contributed by atoms with Crippen molar-refractivity contribution in [3.8, 4) is 6.01 Å². The van der Waals surface area contributed by atoms with Crippen molar-refractivity contribution in [2.75, 3.05) is 26.8 Å². The number of carbonyl (C=O) groups is 1. The van der Waals surface area contributed by atoms with Crippen molar-refractivity contribution in [2.45, 2.75) is 18.9 Å². The van der Waals surface area contributed by atoms with E-state index >= 15 is 0 Å². The van der Waals surface area contributed by atoms with Crippen LogP contribution in [-0.4, -0.2) is 53.7 Å². The lowest BCUT2D eigenvalue weighted by atomic mass is 10.1. The van der Waals surface area contributed by atoms with Crippen LogP contribution >= 0.6 is 0 Å². The smallest absolute Gasteiger partial charge is 0.316 e. The second-order valence-corrected chi connectivity index (χ2v) is 4.16. The number of aromatic nitrogens is 2. The highest BCUT2D eigenvalue weighted by Gasteiger charge is 2.24. The summed E-state index contributed by atoms with van der Waals surface area (Å²) in [5.74, 6) is 0.0342. The van der Waals surface area contributed by atoms with Crippen LogP contribution in [0.4, 0.5) is 0 Å². The Labute approximate surface area is 106 Å². The van der Waals surface area contributed by atoms with Gasteiger partial charge in [0.2, 0.25) is 5.91 Å². The summed E-state index contributed by atoms with van der Waals surface area (Å²) in [6, 6.07) is 2.15. The molecule has 1 aromatic rings. The van der Waals surface area contributed by atoms with Crippen LogP contribution in [0.15, 0.2) is 18.5 Å². The number of methoxy groups -OCH3 is 1. The first-order valence-electron chi connectivity index (χ1n) is 6.00. The molecule has 0 spiro atoms. The van der Waals surface area contributed by atoms with E-state index in [2.05, 4.69) is 9.97 Å². The Morgan fingerprint density at radius 2 is 2.06 bits per heavy atom. The minimum Gasteiger partial charge on any atom is -0.460 e. The summed E-state index contributed by atoms with van der Waals surface area (Å²) in [7, 11) is 1.53. The fourth-order valence-corrected chi connectivity index (χ4v) is 1.93. The highest BCUT2D eigenvalue weighted by atomic mass is 16.5. The normalized spacial score (nSPS) is 16.6. The number of nitrogens with zero attached hydrogens (tertiary/aromatic N) is 3. The predicted molar refractivity (Wildman–Crippen MR) is 64.1 cm³/mol. The third-order valence-corrected chi connectivity index (χ3v) is 2.88. The summed E-state index contributed by atoms with van der Waals surface area (Å²) >= 11 is 0. The van der Waals surface area contributed by atoms with E-state index in [4.69, 9.17) is 9.47 Å². The largest absolute Gasteiger partial charge is 0.460 e. The fraction of sp³-hybridized carbons (Fsp3) is 0.583. The zero-order valence-corrected chi connectivity index (χ0v) is 10.4. The van der Waals surface area contributed by atoms with Crippen LogP contribution in [0, 0.1) is 0 Å². The molecule has 1 saturated heterocycles. The topological polar surface area (TPSA) is 64.5 Å². The molecule has 2 rings (SSSR count). The van der Waals surface area contributed by atoms with Crippen molar-refractivity contribution in [2.24, 2.45) is 0 Å². The summed E-state index contributed by atoms with van der Waals surface area (Å²) in [5, 5.41) is 0. The Balaban J connectivity index is 1.78. The number of ether oxygens (including phenoxy) is 2. The quantitative estimate of drug-likeness (QED) is 0.779. The van der Waals surface area contributed by atoms with Gasteiger partial charge in [-0.05, 0) is 6.07 Å². The van der Waals surface area contributed by atoms with Gasteiger partial charge in [0, 0.05) is 45.4 Å². The average molecular weight is 251 g/mol. The van der Waals surface area contributed by atoms with Gasteiger partial charge in [0.05, 0.1) is 0 Å². The zero-order valence-electron chi connectivity index (χ0n) is 10.4. The third kappa shape index (κ3) is 3.40. The first-order valence-corrected chi connectivity index (χ1v) is 6.00. The van der Waals surface area contributed by atoms with Crippen LogP contribution in [0.5, 0.6) is 6.01 Å². The van der Waals surface area contributed by atoms with Gasteiger partial charge in [-0.15, -0.1) is 0 Å². The standard InChI is InChI=1S/C12H17N3O3/c1-17-9-11(16)15-7-3-10(4-8-15)18-12-13-5-2-6-14-12/h2,5-6,10H,3-4,7-9H2,1H3. The summed E-state index contributed by atoms with van der Waals surface area (Å²) in [4.78, 5) is 21.4. The molecule has 1 amide bonds. The Morgan fingerprint density at radius 1 is 1.39 bits per heavy atom. The maximum atomic E-state index is 11.6. The molecule has 2 heterocycles. The molecule has 18 heavy (non-hydrogen) atoms. The van der Waals surface area contributed by atoms with E-state index < -0.39 is 0 Å².